The van der Waals surface area contributed by atoms with Gasteiger partial charge in [0.05, 0.1) is 6.42 Å². The van der Waals surface area contributed by atoms with Gasteiger partial charge < -0.3 is 5.32 Å². The zero-order chi connectivity index (χ0) is 8.97. The highest BCUT2D eigenvalue weighted by Gasteiger charge is 2.05. The maximum Gasteiger partial charge on any atom is 0.227 e. The number of amides is 1. The van der Waals surface area contributed by atoms with Gasteiger partial charge in [-0.1, -0.05) is 0 Å². The molecule has 0 spiro atoms. The van der Waals surface area contributed by atoms with Crippen LogP contribution < -0.4 is 5.32 Å². The van der Waals surface area contributed by atoms with Gasteiger partial charge in [0.2, 0.25) is 5.91 Å². The summed E-state index contributed by atoms with van der Waals surface area (Å²) in [5.74, 6) is 0.0416. The number of rotatable bonds is 3. The molecule has 3 nitrogen and oxygen atoms in total. The van der Waals surface area contributed by atoms with Crippen molar-refractivity contribution in [2.24, 2.45) is 0 Å². The van der Waals surface area contributed by atoms with E-state index in [0.717, 1.165) is 5.01 Å². The van der Waals surface area contributed by atoms with Gasteiger partial charge in [-0.25, -0.2) is 4.98 Å². The van der Waals surface area contributed by atoms with E-state index in [0.29, 0.717) is 6.42 Å². The molecule has 1 amide bonds. The van der Waals surface area contributed by atoms with E-state index in [2.05, 4.69) is 10.3 Å². The second kappa shape index (κ2) is 4.21. The molecule has 0 bridgehead atoms. The molecule has 12 heavy (non-hydrogen) atoms. The van der Waals surface area contributed by atoms with Gasteiger partial charge in [0.25, 0.3) is 0 Å². The Morgan fingerprint density at radius 3 is 3.00 bits per heavy atom. The molecule has 1 aromatic heterocycles. The number of hydrogen-bond acceptors (Lipinski definition) is 3. The molecule has 0 aromatic carbocycles. The predicted molar refractivity (Wildman–Crippen MR) is 49.1 cm³/mol. The van der Waals surface area contributed by atoms with E-state index in [9.17, 15) is 4.79 Å². The zero-order valence-corrected chi connectivity index (χ0v) is 8.02. The number of carbonyl (C=O) groups excluding carboxylic acids is 1. The van der Waals surface area contributed by atoms with Crippen molar-refractivity contribution in [1.29, 1.82) is 0 Å². The lowest BCUT2D eigenvalue weighted by atomic mass is 10.3. The molecule has 0 aliphatic rings. The van der Waals surface area contributed by atoms with Crippen LogP contribution in [0.15, 0.2) is 11.6 Å². The number of nitrogens with one attached hydrogen (secondary N) is 1. The molecule has 0 saturated heterocycles. The van der Waals surface area contributed by atoms with Crippen molar-refractivity contribution in [3.05, 3.63) is 16.6 Å². The van der Waals surface area contributed by atoms with E-state index in [1.165, 1.54) is 11.3 Å². The van der Waals surface area contributed by atoms with E-state index in [-0.39, 0.29) is 11.9 Å². The summed E-state index contributed by atoms with van der Waals surface area (Å²) in [4.78, 5) is 15.2. The number of thiazole rings is 1. The van der Waals surface area contributed by atoms with E-state index < -0.39 is 0 Å². The van der Waals surface area contributed by atoms with Crippen molar-refractivity contribution in [2.45, 2.75) is 26.3 Å². The van der Waals surface area contributed by atoms with Gasteiger partial charge >= 0.3 is 0 Å². The lowest BCUT2D eigenvalue weighted by Crippen LogP contribution is -2.31. The molecule has 66 valence electrons. The van der Waals surface area contributed by atoms with Crippen LogP contribution in [0.1, 0.15) is 18.9 Å². The Morgan fingerprint density at radius 1 is 1.75 bits per heavy atom. The Labute approximate surface area is 75.8 Å². The molecule has 0 atom stereocenters. The first-order valence-electron chi connectivity index (χ1n) is 3.86. The van der Waals surface area contributed by atoms with Crippen LogP contribution in [0.3, 0.4) is 0 Å². The van der Waals surface area contributed by atoms with Gasteiger partial charge in [-0.05, 0) is 13.8 Å². The van der Waals surface area contributed by atoms with Crippen molar-refractivity contribution in [3.8, 4) is 0 Å². The van der Waals surface area contributed by atoms with Gasteiger partial charge in [0, 0.05) is 17.6 Å². The van der Waals surface area contributed by atoms with Crippen LogP contribution in [0.2, 0.25) is 0 Å². The first kappa shape index (κ1) is 9.19. The smallest absolute Gasteiger partial charge is 0.227 e. The second-order valence-corrected chi connectivity index (χ2v) is 3.80. The van der Waals surface area contributed by atoms with Gasteiger partial charge in [-0.2, -0.15) is 0 Å². The highest BCUT2D eigenvalue weighted by Crippen LogP contribution is 2.04. The quantitative estimate of drug-likeness (QED) is 0.767. The van der Waals surface area contributed by atoms with Crippen molar-refractivity contribution < 1.29 is 4.79 Å². The first-order chi connectivity index (χ1) is 5.68. The topological polar surface area (TPSA) is 42.0 Å². The molecule has 0 fully saturated rings. The van der Waals surface area contributed by atoms with Crippen LogP contribution in [-0.2, 0) is 11.2 Å². The third kappa shape index (κ3) is 3.00. The van der Waals surface area contributed by atoms with Crippen LogP contribution in [0.4, 0.5) is 0 Å². The van der Waals surface area contributed by atoms with Crippen LogP contribution >= 0.6 is 11.3 Å². The Hall–Kier alpha value is -0.900. The van der Waals surface area contributed by atoms with Crippen molar-refractivity contribution in [3.63, 3.8) is 0 Å². The Morgan fingerprint density at radius 2 is 2.50 bits per heavy atom. The minimum absolute atomic E-state index is 0.0416. The van der Waals surface area contributed by atoms with Crippen LogP contribution in [0, 0.1) is 0 Å². The minimum atomic E-state index is 0.0416. The van der Waals surface area contributed by atoms with Crippen LogP contribution in [-0.4, -0.2) is 16.9 Å². The fraction of sp³-hybridized carbons (Fsp3) is 0.500. The lowest BCUT2D eigenvalue weighted by molar-refractivity contribution is -0.120. The Kier molecular flexibility index (Phi) is 3.22. The minimum Gasteiger partial charge on any atom is -0.354 e. The number of hydrogen-bond donors (Lipinski definition) is 1. The van der Waals surface area contributed by atoms with Crippen molar-refractivity contribution >= 4 is 17.2 Å². The molecule has 0 unspecified atom stereocenters. The molecular weight excluding hydrogens is 172 g/mol. The standard InChI is InChI=1S/C8H12N2OS/c1-6(2)10-7(11)5-8-9-3-4-12-8/h3-4,6H,5H2,1-2H3,(H,10,11). The molecule has 4 heteroatoms. The van der Waals surface area contributed by atoms with Crippen LogP contribution in [0.25, 0.3) is 0 Å². The summed E-state index contributed by atoms with van der Waals surface area (Å²) in [6.45, 7) is 3.89. The molecule has 0 aliphatic heterocycles. The average molecular weight is 184 g/mol. The number of carbonyl (C=O) groups is 1. The molecule has 0 aliphatic carbocycles. The SMILES string of the molecule is CC(C)NC(=O)Cc1nccs1. The number of nitrogens with zero attached hydrogens (tertiary/aromatic N) is 1. The second-order valence-electron chi connectivity index (χ2n) is 2.82. The molecule has 1 N–H and O–H groups in total. The first-order valence-corrected chi connectivity index (χ1v) is 4.74. The van der Waals surface area contributed by atoms with Gasteiger partial charge in [0.15, 0.2) is 0 Å². The molecule has 1 rings (SSSR count). The molecule has 1 aromatic rings. The third-order valence-corrected chi connectivity index (χ3v) is 2.02. The van der Waals surface area contributed by atoms with Crippen molar-refractivity contribution in [1.82, 2.24) is 10.3 Å². The molecule has 0 saturated carbocycles. The lowest BCUT2D eigenvalue weighted by Gasteiger charge is -2.05. The predicted octanol–water partition coefficient (Wildman–Crippen LogP) is 1.21. The summed E-state index contributed by atoms with van der Waals surface area (Å²) in [5.41, 5.74) is 0. The maximum absolute atomic E-state index is 11.2. The fourth-order valence-electron chi connectivity index (χ4n) is 0.851. The third-order valence-electron chi connectivity index (χ3n) is 1.24. The fourth-order valence-corrected chi connectivity index (χ4v) is 1.47. The van der Waals surface area contributed by atoms with Crippen molar-refractivity contribution in [2.75, 3.05) is 0 Å². The molecule has 1 heterocycles. The Bertz CT molecular complexity index is 244. The Balaban J connectivity index is 2.37. The zero-order valence-electron chi connectivity index (χ0n) is 7.20. The van der Waals surface area contributed by atoms with E-state index in [1.54, 1.807) is 6.20 Å². The largest absolute Gasteiger partial charge is 0.354 e. The summed E-state index contributed by atoms with van der Waals surface area (Å²) in [6, 6.07) is 0.206. The molecule has 0 radical (unpaired) electrons. The summed E-state index contributed by atoms with van der Waals surface area (Å²) in [6.07, 6.45) is 2.11. The van der Waals surface area contributed by atoms with Crippen LogP contribution in [0.5, 0.6) is 0 Å². The average Bonchev–Trinajstić information content (AvgIpc) is 2.37. The normalized spacial score (nSPS) is 10.2. The van der Waals surface area contributed by atoms with E-state index in [1.807, 2.05) is 19.2 Å². The van der Waals surface area contributed by atoms with Gasteiger partial charge in [0.1, 0.15) is 5.01 Å². The summed E-state index contributed by atoms with van der Waals surface area (Å²) in [7, 11) is 0. The highest BCUT2D eigenvalue weighted by atomic mass is 32.1. The highest BCUT2D eigenvalue weighted by molar-refractivity contribution is 7.09. The van der Waals surface area contributed by atoms with Gasteiger partial charge in [-0.3, -0.25) is 4.79 Å². The maximum atomic E-state index is 11.2. The van der Waals surface area contributed by atoms with Gasteiger partial charge in [-0.15, -0.1) is 11.3 Å². The summed E-state index contributed by atoms with van der Waals surface area (Å²) < 4.78 is 0. The van der Waals surface area contributed by atoms with E-state index >= 15 is 0 Å². The van der Waals surface area contributed by atoms with E-state index in [4.69, 9.17) is 0 Å². The monoisotopic (exact) mass is 184 g/mol. The molecular formula is C8H12N2OS. The number of aromatic nitrogens is 1. The summed E-state index contributed by atoms with van der Waals surface area (Å²) >= 11 is 1.51. The summed E-state index contributed by atoms with van der Waals surface area (Å²) in [5, 5.41) is 5.55.